The molecule has 0 unspecified atom stereocenters. The molecule has 124 valence electrons. The molecule has 24 heavy (non-hydrogen) atoms. The predicted octanol–water partition coefficient (Wildman–Crippen LogP) is 4.29. The highest BCUT2D eigenvalue weighted by Gasteiger charge is 2.16. The largest absolute Gasteiger partial charge is 0.467 e. The van der Waals surface area contributed by atoms with E-state index in [4.69, 9.17) is 4.42 Å². The minimum absolute atomic E-state index is 0.145. The molecule has 0 radical (unpaired) electrons. The molecule has 5 heteroatoms. The molecule has 0 aliphatic carbocycles. The lowest BCUT2D eigenvalue weighted by Gasteiger charge is -2.21. The molecule has 1 amide bonds. The molecule has 3 rings (SSSR count). The quantitative estimate of drug-likeness (QED) is 0.614. The average Bonchev–Trinajstić information content (AvgIpc) is 3.29. The van der Waals surface area contributed by atoms with Gasteiger partial charge in [0.1, 0.15) is 5.76 Å². The Hall–Kier alpha value is -2.40. The first-order valence-corrected chi connectivity index (χ1v) is 8.90. The predicted molar refractivity (Wildman–Crippen MR) is 94.5 cm³/mol. The lowest BCUT2D eigenvalue weighted by molar-refractivity contribution is -0.132. The van der Waals surface area contributed by atoms with Crippen LogP contribution in [0.15, 0.2) is 64.9 Å². The summed E-state index contributed by atoms with van der Waals surface area (Å²) in [5.41, 5.74) is 1.02. The number of carbonyl (C=O) groups excluding carboxylic acids is 1. The summed E-state index contributed by atoms with van der Waals surface area (Å²) in [7, 11) is 0. The van der Waals surface area contributed by atoms with Gasteiger partial charge in [-0.2, -0.15) is 0 Å². The van der Waals surface area contributed by atoms with Gasteiger partial charge in [0, 0.05) is 30.2 Å². The van der Waals surface area contributed by atoms with E-state index in [0.29, 0.717) is 19.5 Å². The number of hydrogen-bond acceptors (Lipinski definition) is 4. The fourth-order valence-electron chi connectivity index (χ4n) is 2.56. The van der Waals surface area contributed by atoms with Crippen LogP contribution in [0.5, 0.6) is 0 Å². The highest BCUT2D eigenvalue weighted by Crippen LogP contribution is 2.15. The van der Waals surface area contributed by atoms with Crippen LogP contribution in [0.25, 0.3) is 0 Å². The van der Waals surface area contributed by atoms with E-state index in [9.17, 15) is 4.79 Å². The Morgan fingerprint density at radius 3 is 2.83 bits per heavy atom. The number of thiophene rings is 1. The Balaban J connectivity index is 1.60. The molecule has 0 aliphatic heterocycles. The van der Waals surface area contributed by atoms with E-state index >= 15 is 0 Å². The van der Waals surface area contributed by atoms with Crippen LogP contribution in [-0.4, -0.2) is 15.8 Å². The van der Waals surface area contributed by atoms with Crippen molar-refractivity contribution in [3.8, 4) is 0 Å². The van der Waals surface area contributed by atoms with Crippen LogP contribution in [0.1, 0.15) is 29.0 Å². The lowest BCUT2D eigenvalue weighted by Crippen LogP contribution is -2.29. The SMILES string of the molecule is O=C(CCCc1cccs1)N(Cc1cccnc1)Cc1ccco1. The van der Waals surface area contributed by atoms with E-state index in [1.807, 2.05) is 35.2 Å². The van der Waals surface area contributed by atoms with Gasteiger partial charge in [0.15, 0.2) is 0 Å². The second-order valence-electron chi connectivity index (χ2n) is 5.62. The van der Waals surface area contributed by atoms with Crippen LogP contribution in [-0.2, 0) is 24.3 Å². The Morgan fingerprint density at radius 2 is 2.12 bits per heavy atom. The van der Waals surface area contributed by atoms with Gasteiger partial charge in [0.05, 0.1) is 12.8 Å². The normalized spacial score (nSPS) is 10.7. The molecule has 0 fully saturated rings. The highest BCUT2D eigenvalue weighted by molar-refractivity contribution is 7.09. The van der Waals surface area contributed by atoms with Crippen molar-refractivity contribution in [3.63, 3.8) is 0 Å². The maximum Gasteiger partial charge on any atom is 0.223 e. The third-order valence-electron chi connectivity index (χ3n) is 3.77. The molecule has 3 heterocycles. The summed E-state index contributed by atoms with van der Waals surface area (Å²) in [6, 6.07) is 11.8. The Kier molecular flexibility index (Phi) is 5.80. The zero-order valence-corrected chi connectivity index (χ0v) is 14.2. The second kappa shape index (κ2) is 8.45. The Bertz CT molecular complexity index is 724. The molecule has 0 aliphatic rings. The Labute approximate surface area is 145 Å². The van der Waals surface area contributed by atoms with Crippen molar-refractivity contribution in [2.45, 2.75) is 32.4 Å². The fraction of sp³-hybridized carbons (Fsp3) is 0.263. The number of pyridine rings is 1. The van der Waals surface area contributed by atoms with E-state index < -0.39 is 0 Å². The minimum Gasteiger partial charge on any atom is -0.467 e. The van der Waals surface area contributed by atoms with Crippen LogP contribution in [0.3, 0.4) is 0 Å². The van der Waals surface area contributed by atoms with Crippen molar-refractivity contribution in [2.75, 3.05) is 0 Å². The summed E-state index contributed by atoms with van der Waals surface area (Å²) >= 11 is 1.74. The van der Waals surface area contributed by atoms with Crippen LogP contribution in [0, 0.1) is 0 Å². The van der Waals surface area contributed by atoms with E-state index in [2.05, 4.69) is 16.4 Å². The number of furan rings is 1. The van der Waals surface area contributed by atoms with E-state index in [0.717, 1.165) is 24.2 Å². The molecule has 0 N–H and O–H groups in total. The third kappa shape index (κ3) is 4.80. The fourth-order valence-corrected chi connectivity index (χ4v) is 3.31. The molecule has 4 nitrogen and oxygen atoms in total. The van der Waals surface area contributed by atoms with Crippen LogP contribution in [0.2, 0.25) is 0 Å². The van der Waals surface area contributed by atoms with Crippen LogP contribution < -0.4 is 0 Å². The molecule has 0 atom stereocenters. The summed E-state index contributed by atoms with van der Waals surface area (Å²) in [6.07, 6.45) is 7.53. The average molecular weight is 340 g/mol. The summed E-state index contributed by atoms with van der Waals surface area (Å²) < 4.78 is 5.41. The van der Waals surface area contributed by atoms with Gasteiger partial charge in [-0.25, -0.2) is 0 Å². The summed E-state index contributed by atoms with van der Waals surface area (Å²) in [6.45, 7) is 1.03. The zero-order valence-electron chi connectivity index (χ0n) is 13.4. The molecule has 0 aromatic carbocycles. The first-order valence-electron chi connectivity index (χ1n) is 8.03. The van der Waals surface area contributed by atoms with E-state index in [-0.39, 0.29) is 5.91 Å². The minimum atomic E-state index is 0.145. The zero-order chi connectivity index (χ0) is 16.6. The van der Waals surface area contributed by atoms with Gasteiger partial charge in [-0.05, 0) is 48.1 Å². The maximum atomic E-state index is 12.7. The second-order valence-corrected chi connectivity index (χ2v) is 6.66. The molecule has 3 aromatic rings. The van der Waals surface area contributed by atoms with Gasteiger partial charge >= 0.3 is 0 Å². The number of aryl methyl sites for hydroxylation is 1. The van der Waals surface area contributed by atoms with Crippen molar-refractivity contribution in [1.82, 2.24) is 9.88 Å². The molecule has 0 bridgehead atoms. The van der Waals surface area contributed by atoms with E-state index in [1.54, 1.807) is 30.0 Å². The van der Waals surface area contributed by atoms with Crippen molar-refractivity contribution in [3.05, 3.63) is 76.6 Å². The number of amides is 1. The van der Waals surface area contributed by atoms with Gasteiger partial charge < -0.3 is 9.32 Å². The first kappa shape index (κ1) is 16.5. The number of nitrogens with zero attached hydrogens (tertiary/aromatic N) is 2. The lowest BCUT2D eigenvalue weighted by atomic mass is 10.2. The molecule has 0 saturated heterocycles. The van der Waals surface area contributed by atoms with Crippen molar-refractivity contribution in [2.24, 2.45) is 0 Å². The van der Waals surface area contributed by atoms with Gasteiger partial charge in [-0.1, -0.05) is 12.1 Å². The summed E-state index contributed by atoms with van der Waals surface area (Å²) in [5.74, 6) is 0.942. The molecular weight excluding hydrogens is 320 g/mol. The molecular formula is C19H20N2O2S. The van der Waals surface area contributed by atoms with Gasteiger partial charge in [0.25, 0.3) is 0 Å². The number of rotatable bonds is 8. The number of carbonyl (C=O) groups is 1. The standard InChI is InChI=1S/C19H20N2O2S/c22-19(9-1-7-18-8-4-12-24-18)21(15-17-6-3-11-23-17)14-16-5-2-10-20-13-16/h2-6,8,10-13H,1,7,9,14-15H2. The number of hydrogen-bond donors (Lipinski definition) is 0. The van der Waals surface area contributed by atoms with Crippen LogP contribution >= 0.6 is 11.3 Å². The van der Waals surface area contributed by atoms with E-state index in [1.165, 1.54) is 4.88 Å². The van der Waals surface area contributed by atoms with Gasteiger partial charge in [-0.15, -0.1) is 11.3 Å². The number of aromatic nitrogens is 1. The van der Waals surface area contributed by atoms with Gasteiger partial charge in [-0.3, -0.25) is 9.78 Å². The van der Waals surface area contributed by atoms with Crippen molar-refractivity contribution < 1.29 is 9.21 Å². The maximum absolute atomic E-state index is 12.7. The van der Waals surface area contributed by atoms with Crippen molar-refractivity contribution in [1.29, 1.82) is 0 Å². The monoisotopic (exact) mass is 340 g/mol. The van der Waals surface area contributed by atoms with Gasteiger partial charge in [0.2, 0.25) is 5.91 Å². The van der Waals surface area contributed by atoms with Crippen LogP contribution in [0.4, 0.5) is 0 Å². The summed E-state index contributed by atoms with van der Waals surface area (Å²) in [5, 5.41) is 2.07. The molecule has 0 spiro atoms. The topological polar surface area (TPSA) is 46.3 Å². The smallest absolute Gasteiger partial charge is 0.223 e. The highest BCUT2D eigenvalue weighted by atomic mass is 32.1. The van der Waals surface area contributed by atoms with Crippen molar-refractivity contribution >= 4 is 17.2 Å². The Morgan fingerprint density at radius 1 is 1.17 bits per heavy atom. The molecule has 0 saturated carbocycles. The molecule has 3 aromatic heterocycles. The summed E-state index contributed by atoms with van der Waals surface area (Å²) in [4.78, 5) is 20.0. The first-order chi connectivity index (χ1) is 11.8. The third-order valence-corrected chi connectivity index (χ3v) is 4.71.